The molecule has 0 aliphatic rings. The molecule has 2 aromatic rings. The van der Waals surface area contributed by atoms with Gasteiger partial charge in [0.05, 0.1) is 0 Å². The van der Waals surface area contributed by atoms with E-state index < -0.39 is 0 Å². The van der Waals surface area contributed by atoms with Gasteiger partial charge >= 0.3 is 0 Å². The molecule has 0 aromatic heterocycles. The first-order chi connectivity index (χ1) is 9.16. The van der Waals surface area contributed by atoms with Crippen molar-refractivity contribution in [3.05, 3.63) is 69.7 Å². The molecule has 0 saturated carbocycles. The number of aryl methyl sites for hydroxylation is 2. The van der Waals surface area contributed by atoms with E-state index in [0.29, 0.717) is 0 Å². The average molecular weight is 318 g/mol. The van der Waals surface area contributed by atoms with Crippen molar-refractivity contribution >= 4 is 15.9 Å². The quantitative estimate of drug-likeness (QED) is 0.843. The molecular formula is C17H20BrN. The summed E-state index contributed by atoms with van der Waals surface area (Å²) in [5, 5.41) is 0. The van der Waals surface area contributed by atoms with Crippen LogP contribution >= 0.6 is 15.9 Å². The Bertz CT molecular complexity index is 522. The Morgan fingerprint density at radius 3 is 2.58 bits per heavy atom. The van der Waals surface area contributed by atoms with Crippen LogP contribution in [0.5, 0.6) is 0 Å². The third-order valence-electron chi connectivity index (χ3n) is 3.37. The molecule has 2 N–H and O–H groups in total. The maximum Gasteiger partial charge on any atom is 0.0306 e. The van der Waals surface area contributed by atoms with E-state index in [4.69, 9.17) is 5.73 Å². The first-order valence-corrected chi connectivity index (χ1v) is 7.51. The highest BCUT2D eigenvalue weighted by molar-refractivity contribution is 9.10. The second kappa shape index (κ2) is 6.88. The molecule has 2 heteroatoms. The minimum absolute atomic E-state index is 0.109. The SMILES string of the molecule is Cc1ccc(Br)c(C(N)CCCc2ccccc2)c1. The van der Waals surface area contributed by atoms with Crippen molar-refractivity contribution in [1.82, 2.24) is 0 Å². The van der Waals surface area contributed by atoms with Crippen LogP contribution in [0, 0.1) is 6.92 Å². The Balaban J connectivity index is 1.91. The highest BCUT2D eigenvalue weighted by Gasteiger charge is 2.09. The molecule has 0 heterocycles. The largest absolute Gasteiger partial charge is 0.324 e. The van der Waals surface area contributed by atoms with E-state index in [1.807, 2.05) is 0 Å². The lowest BCUT2D eigenvalue weighted by Gasteiger charge is -2.14. The molecule has 0 fully saturated rings. The van der Waals surface area contributed by atoms with Crippen molar-refractivity contribution in [3.63, 3.8) is 0 Å². The van der Waals surface area contributed by atoms with Gasteiger partial charge in [0.15, 0.2) is 0 Å². The first-order valence-electron chi connectivity index (χ1n) is 6.72. The third kappa shape index (κ3) is 4.19. The van der Waals surface area contributed by atoms with Crippen molar-refractivity contribution < 1.29 is 0 Å². The van der Waals surface area contributed by atoms with Crippen LogP contribution in [0.15, 0.2) is 53.0 Å². The Labute approximate surface area is 124 Å². The lowest BCUT2D eigenvalue weighted by molar-refractivity contribution is 0.609. The number of hydrogen-bond acceptors (Lipinski definition) is 1. The van der Waals surface area contributed by atoms with Crippen LogP contribution in [0.2, 0.25) is 0 Å². The zero-order chi connectivity index (χ0) is 13.7. The molecule has 0 saturated heterocycles. The van der Waals surface area contributed by atoms with Gasteiger partial charge in [-0.15, -0.1) is 0 Å². The number of halogens is 1. The van der Waals surface area contributed by atoms with Gasteiger partial charge in [-0.2, -0.15) is 0 Å². The lowest BCUT2D eigenvalue weighted by Crippen LogP contribution is -2.11. The summed E-state index contributed by atoms with van der Waals surface area (Å²) in [4.78, 5) is 0. The Morgan fingerprint density at radius 2 is 1.84 bits per heavy atom. The predicted octanol–water partition coefficient (Wildman–Crippen LogP) is 4.78. The molecule has 1 atom stereocenters. The molecule has 2 aromatic carbocycles. The molecule has 1 unspecified atom stereocenters. The molecule has 1 nitrogen and oxygen atoms in total. The monoisotopic (exact) mass is 317 g/mol. The van der Waals surface area contributed by atoms with Crippen LogP contribution < -0.4 is 5.73 Å². The topological polar surface area (TPSA) is 26.0 Å². The van der Waals surface area contributed by atoms with E-state index >= 15 is 0 Å². The zero-order valence-corrected chi connectivity index (χ0v) is 12.9. The number of rotatable bonds is 5. The molecular weight excluding hydrogens is 298 g/mol. The van der Waals surface area contributed by atoms with Crippen molar-refractivity contribution in [1.29, 1.82) is 0 Å². The molecule has 2 rings (SSSR count). The third-order valence-corrected chi connectivity index (χ3v) is 4.10. The van der Waals surface area contributed by atoms with Crippen LogP contribution in [0.4, 0.5) is 0 Å². The van der Waals surface area contributed by atoms with Gasteiger partial charge < -0.3 is 5.73 Å². The van der Waals surface area contributed by atoms with Crippen LogP contribution in [-0.2, 0) is 6.42 Å². The Hall–Kier alpha value is -1.12. The van der Waals surface area contributed by atoms with E-state index in [-0.39, 0.29) is 6.04 Å². The second-order valence-electron chi connectivity index (χ2n) is 5.01. The van der Waals surface area contributed by atoms with Crippen LogP contribution in [-0.4, -0.2) is 0 Å². The summed E-state index contributed by atoms with van der Waals surface area (Å²) in [6.07, 6.45) is 3.22. The fourth-order valence-corrected chi connectivity index (χ4v) is 2.81. The highest BCUT2D eigenvalue weighted by atomic mass is 79.9. The smallest absolute Gasteiger partial charge is 0.0306 e. The van der Waals surface area contributed by atoms with Crippen molar-refractivity contribution in [2.45, 2.75) is 32.2 Å². The second-order valence-corrected chi connectivity index (χ2v) is 5.86. The molecule has 0 bridgehead atoms. The van der Waals surface area contributed by atoms with E-state index in [1.54, 1.807) is 0 Å². The molecule has 0 radical (unpaired) electrons. The zero-order valence-electron chi connectivity index (χ0n) is 11.3. The van der Waals surface area contributed by atoms with Gasteiger partial charge in [-0.3, -0.25) is 0 Å². The lowest BCUT2D eigenvalue weighted by atomic mass is 9.98. The number of hydrogen-bond donors (Lipinski definition) is 1. The summed E-state index contributed by atoms with van der Waals surface area (Å²) in [7, 11) is 0. The van der Waals surface area contributed by atoms with Gasteiger partial charge in [-0.05, 0) is 43.4 Å². The predicted molar refractivity (Wildman–Crippen MR) is 85.2 cm³/mol. The summed E-state index contributed by atoms with van der Waals surface area (Å²) in [6, 6.07) is 17.1. The van der Waals surface area contributed by atoms with E-state index in [9.17, 15) is 0 Å². The van der Waals surface area contributed by atoms with Crippen LogP contribution in [0.3, 0.4) is 0 Å². The molecule has 19 heavy (non-hydrogen) atoms. The van der Waals surface area contributed by atoms with Gasteiger partial charge in [-0.25, -0.2) is 0 Å². The first kappa shape index (κ1) is 14.3. The molecule has 100 valence electrons. The van der Waals surface area contributed by atoms with Gasteiger partial charge in [0.25, 0.3) is 0 Å². The number of benzene rings is 2. The minimum Gasteiger partial charge on any atom is -0.324 e. The minimum atomic E-state index is 0.109. The summed E-state index contributed by atoms with van der Waals surface area (Å²) in [5.41, 5.74) is 10.2. The van der Waals surface area contributed by atoms with Gasteiger partial charge in [0.2, 0.25) is 0 Å². The fraction of sp³-hybridized carbons (Fsp3) is 0.294. The molecule has 0 aliphatic heterocycles. The average Bonchev–Trinajstić information content (AvgIpc) is 2.42. The van der Waals surface area contributed by atoms with Gasteiger partial charge in [0.1, 0.15) is 0 Å². The van der Waals surface area contributed by atoms with Gasteiger partial charge in [-0.1, -0.05) is 64.0 Å². The van der Waals surface area contributed by atoms with Crippen molar-refractivity contribution in [2.75, 3.05) is 0 Å². The van der Waals surface area contributed by atoms with E-state index in [0.717, 1.165) is 23.7 Å². The summed E-state index contributed by atoms with van der Waals surface area (Å²) in [5.74, 6) is 0. The fourth-order valence-electron chi connectivity index (χ4n) is 2.27. The van der Waals surface area contributed by atoms with Crippen molar-refractivity contribution in [2.24, 2.45) is 5.73 Å². The summed E-state index contributed by atoms with van der Waals surface area (Å²) < 4.78 is 1.12. The number of nitrogens with two attached hydrogens (primary N) is 1. The Morgan fingerprint density at radius 1 is 1.11 bits per heavy atom. The van der Waals surface area contributed by atoms with E-state index in [2.05, 4.69) is 71.4 Å². The standard InChI is InChI=1S/C17H20BrN/c1-13-10-11-16(18)15(12-13)17(19)9-5-8-14-6-3-2-4-7-14/h2-4,6-7,10-12,17H,5,8-9,19H2,1H3. The molecule has 0 aliphatic carbocycles. The molecule has 0 spiro atoms. The summed E-state index contributed by atoms with van der Waals surface area (Å²) in [6.45, 7) is 2.10. The highest BCUT2D eigenvalue weighted by Crippen LogP contribution is 2.26. The molecule has 0 amide bonds. The Kier molecular flexibility index (Phi) is 5.17. The van der Waals surface area contributed by atoms with Gasteiger partial charge in [0, 0.05) is 10.5 Å². The van der Waals surface area contributed by atoms with Crippen LogP contribution in [0.1, 0.15) is 35.6 Å². The van der Waals surface area contributed by atoms with Crippen molar-refractivity contribution in [3.8, 4) is 0 Å². The van der Waals surface area contributed by atoms with E-state index in [1.165, 1.54) is 16.7 Å². The normalized spacial score (nSPS) is 12.4. The summed E-state index contributed by atoms with van der Waals surface area (Å²) >= 11 is 3.59. The maximum atomic E-state index is 6.30. The van der Waals surface area contributed by atoms with Crippen LogP contribution in [0.25, 0.3) is 0 Å². The maximum absolute atomic E-state index is 6.30.